The van der Waals surface area contributed by atoms with Crippen molar-refractivity contribution in [3.8, 4) is 11.5 Å². The molecule has 36 heavy (non-hydrogen) atoms. The molecule has 1 aliphatic heterocycles. The molecule has 1 N–H and O–H groups in total. The number of rotatable bonds is 7. The molecule has 0 radical (unpaired) electrons. The summed E-state index contributed by atoms with van der Waals surface area (Å²) in [7, 11) is 3.25. The van der Waals surface area contributed by atoms with Gasteiger partial charge in [-0.05, 0) is 56.9 Å². The Hall–Kier alpha value is -3.42. The topological polar surface area (TPSA) is 85.9 Å². The number of benzene rings is 1. The lowest BCUT2D eigenvalue weighted by atomic mass is 9.91. The van der Waals surface area contributed by atoms with Crippen LogP contribution in [0.2, 0.25) is 0 Å². The SMILES string of the molecule is COc1ccc(OC)c(CCN2C(=O)c3cc4oc(C)cc4n3C[C@@]2(C)C(=O)NC2CCCCC2)c1. The van der Waals surface area contributed by atoms with Gasteiger partial charge in [-0.25, -0.2) is 0 Å². The Morgan fingerprint density at radius 1 is 1.14 bits per heavy atom. The van der Waals surface area contributed by atoms with Gasteiger partial charge in [0.15, 0.2) is 5.58 Å². The van der Waals surface area contributed by atoms with Crippen molar-refractivity contribution >= 4 is 22.9 Å². The monoisotopic (exact) mass is 493 g/mol. The third-order valence-corrected chi connectivity index (χ3v) is 7.76. The lowest BCUT2D eigenvalue weighted by Crippen LogP contribution is -2.65. The lowest BCUT2D eigenvalue weighted by Gasteiger charge is -2.45. The van der Waals surface area contributed by atoms with E-state index < -0.39 is 5.54 Å². The minimum absolute atomic E-state index is 0.104. The van der Waals surface area contributed by atoms with Crippen molar-refractivity contribution in [3.63, 3.8) is 0 Å². The zero-order chi connectivity index (χ0) is 25.4. The van der Waals surface area contributed by atoms with Crippen molar-refractivity contribution in [2.24, 2.45) is 0 Å². The molecule has 0 bridgehead atoms. The van der Waals surface area contributed by atoms with Crippen LogP contribution in [0.4, 0.5) is 0 Å². The number of nitrogens with one attached hydrogen (secondary N) is 1. The van der Waals surface area contributed by atoms with Gasteiger partial charge in [0.2, 0.25) is 5.91 Å². The van der Waals surface area contributed by atoms with Crippen molar-refractivity contribution in [2.75, 3.05) is 20.8 Å². The van der Waals surface area contributed by atoms with E-state index in [9.17, 15) is 9.59 Å². The van der Waals surface area contributed by atoms with Crippen molar-refractivity contribution in [1.29, 1.82) is 0 Å². The summed E-state index contributed by atoms with van der Waals surface area (Å²) in [5.74, 6) is 1.95. The van der Waals surface area contributed by atoms with E-state index >= 15 is 0 Å². The molecule has 1 aliphatic carbocycles. The number of fused-ring (bicyclic) bond motifs is 3. The molecule has 1 saturated carbocycles. The van der Waals surface area contributed by atoms with Crippen LogP contribution in [0.3, 0.4) is 0 Å². The molecular formula is C28H35N3O5. The van der Waals surface area contributed by atoms with Crippen LogP contribution in [0.1, 0.15) is 60.8 Å². The maximum atomic E-state index is 13.9. The molecule has 2 aliphatic rings. The number of carbonyl (C=O) groups excluding carboxylic acids is 2. The van der Waals surface area contributed by atoms with Gasteiger partial charge in [-0.3, -0.25) is 9.59 Å². The maximum absolute atomic E-state index is 13.9. The van der Waals surface area contributed by atoms with Crippen LogP contribution in [-0.4, -0.2) is 53.6 Å². The molecule has 1 atom stereocenters. The molecule has 0 unspecified atom stereocenters. The van der Waals surface area contributed by atoms with Gasteiger partial charge < -0.3 is 28.7 Å². The molecule has 2 amide bonds. The second-order valence-corrected chi connectivity index (χ2v) is 10.2. The van der Waals surface area contributed by atoms with Gasteiger partial charge in [-0.15, -0.1) is 0 Å². The zero-order valence-corrected chi connectivity index (χ0v) is 21.6. The third-order valence-electron chi connectivity index (χ3n) is 7.76. The second-order valence-electron chi connectivity index (χ2n) is 10.2. The number of hydrogen-bond donors (Lipinski definition) is 1. The van der Waals surface area contributed by atoms with Gasteiger partial charge >= 0.3 is 0 Å². The van der Waals surface area contributed by atoms with E-state index in [0.29, 0.717) is 30.8 Å². The number of carbonyl (C=O) groups is 2. The van der Waals surface area contributed by atoms with E-state index in [1.54, 1.807) is 25.2 Å². The Kier molecular flexibility index (Phi) is 6.45. The average molecular weight is 494 g/mol. The van der Waals surface area contributed by atoms with Crippen LogP contribution in [-0.2, 0) is 17.8 Å². The molecule has 5 rings (SSSR count). The number of ether oxygens (including phenoxy) is 2. The Bertz CT molecular complexity index is 1290. The van der Waals surface area contributed by atoms with Crippen LogP contribution in [0, 0.1) is 6.92 Å². The molecule has 1 fully saturated rings. The highest BCUT2D eigenvalue weighted by molar-refractivity contribution is 6.03. The van der Waals surface area contributed by atoms with E-state index in [-0.39, 0.29) is 17.9 Å². The smallest absolute Gasteiger partial charge is 0.271 e. The molecule has 192 valence electrons. The molecule has 3 aromatic rings. The summed E-state index contributed by atoms with van der Waals surface area (Å²) in [4.78, 5) is 29.5. The summed E-state index contributed by atoms with van der Waals surface area (Å²) >= 11 is 0. The summed E-state index contributed by atoms with van der Waals surface area (Å²) in [6.45, 7) is 4.50. The molecule has 1 aromatic carbocycles. The summed E-state index contributed by atoms with van der Waals surface area (Å²) in [5.41, 5.74) is 1.93. The fourth-order valence-corrected chi connectivity index (χ4v) is 5.71. The largest absolute Gasteiger partial charge is 0.497 e. The highest BCUT2D eigenvalue weighted by atomic mass is 16.5. The molecule has 8 nitrogen and oxygen atoms in total. The second kappa shape index (κ2) is 9.56. The van der Waals surface area contributed by atoms with E-state index in [2.05, 4.69) is 5.32 Å². The number of aryl methyl sites for hydroxylation is 1. The quantitative estimate of drug-likeness (QED) is 0.525. The predicted molar refractivity (Wildman–Crippen MR) is 137 cm³/mol. The number of amides is 2. The van der Waals surface area contributed by atoms with Crippen LogP contribution in [0.5, 0.6) is 11.5 Å². The minimum atomic E-state index is -1.05. The normalized spacial score (nSPS) is 20.4. The van der Waals surface area contributed by atoms with Gasteiger partial charge in [0, 0.05) is 24.7 Å². The molecule has 2 aromatic heterocycles. The van der Waals surface area contributed by atoms with Gasteiger partial charge in [0.1, 0.15) is 28.5 Å². The van der Waals surface area contributed by atoms with Gasteiger partial charge in [-0.1, -0.05) is 19.3 Å². The first-order valence-corrected chi connectivity index (χ1v) is 12.8. The highest BCUT2D eigenvalue weighted by Crippen LogP contribution is 2.35. The summed E-state index contributed by atoms with van der Waals surface area (Å²) < 4.78 is 18.7. The first-order chi connectivity index (χ1) is 17.3. The zero-order valence-electron chi connectivity index (χ0n) is 21.6. The Morgan fingerprint density at radius 2 is 1.92 bits per heavy atom. The Labute approximate surface area is 211 Å². The van der Waals surface area contributed by atoms with Crippen molar-refractivity contribution in [1.82, 2.24) is 14.8 Å². The number of methoxy groups -OCH3 is 2. The Morgan fingerprint density at radius 3 is 2.64 bits per heavy atom. The highest BCUT2D eigenvalue weighted by Gasteiger charge is 2.48. The number of furan rings is 1. The van der Waals surface area contributed by atoms with E-state index in [0.717, 1.165) is 54.0 Å². The van der Waals surface area contributed by atoms with E-state index in [1.165, 1.54) is 6.42 Å². The molecule has 3 heterocycles. The van der Waals surface area contributed by atoms with Crippen molar-refractivity contribution in [2.45, 2.75) is 70.5 Å². The van der Waals surface area contributed by atoms with Gasteiger partial charge in [0.25, 0.3) is 5.91 Å². The van der Waals surface area contributed by atoms with Crippen LogP contribution in [0.15, 0.2) is 34.7 Å². The van der Waals surface area contributed by atoms with E-state index in [4.69, 9.17) is 13.9 Å². The standard InChI is InChI=1S/C28H35N3O5/c1-18-14-22-25(36-18)16-23-26(32)31(13-12-19-15-21(34-3)10-11-24(19)35-4)28(2,17-30(22)23)27(33)29-20-8-6-5-7-9-20/h10-11,14-16,20H,5-9,12-13,17H2,1-4H3,(H,29,33)/t28-/m0/s1. The predicted octanol–water partition coefficient (Wildman–Crippen LogP) is 4.47. The molecular weight excluding hydrogens is 458 g/mol. The third kappa shape index (κ3) is 4.22. The molecule has 0 saturated heterocycles. The van der Waals surface area contributed by atoms with Gasteiger partial charge in [0.05, 0.1) is 26.3 Å². The van der Waals surface area contributed by atoms with Gasteiger partial charge in [-0.2, -0.15) is 0 Å². The first-order valence-electron chi connectivity index (χ1n) is 12.8. The summed E-state index contributed by atoms with van der Waals surface area (Å²) in [5, 5.41) is 3.28. The first kappa shape index (κ1) is 24.3. The summed E-state index contributed by atoms with van der Waals surface area (Å²) in [6, 6.07) is 9.51. The van der Waals surface area contributed by atoms with Crippen LogP contribution in [0.25, 0.3) is 11.1 Å². The Balaban J connectivity index is 1.49. The maximum Gasteiger partial charge on any atom is 0.271 e. The average Bonchev–Trinajstić information content (AvgIpc) is 3.40. The molecule has 8 heteroatoms. The molecule has 0 spiro atoms. The fourth-order valence-electron chi connectivity index (χ4n) is 5.71. The van der Waals surface area contributed by atoms with Crippen LogP contribution >= 0.6 is 0 Å². The van der Waals surface area contributed by atoms with Crippen LogP contribution < -0.4 is 14.8 Å². The van der Waals surface area contributed by atoms with Crippen molar-refractivity contribution in [3.05, 3.63) is 47.3 Å². The number of aromatic nitrogens is 1. The summed E-state index contributed by atoms with van der Waals surface area (Å²) in [6.07, 6.45) is 5.94. The number of nitrogens with zero attached hydrogens (tertiary/aromatic N) is 2. The fraction of sp³-hybridized carbons (Fsp3) is 0.500. The van der Waals surface area contributed by atoms with Crippen molar-refractivity contribution < 1.29 is 23.5 Å². The lowest BCUT2D eigenvalue weighted by molar-refractivity contribution is -0.133. The number of hydrogen-bond acceptors (Lipinski definition) is 5. The minimum Gasteiger partial charge on any atom is -0.497 e. The van der Waals surface area contributed by atoms with E-state index in [1.807, 2.05) is 42.7 Å².